The van der Waals surface area contributed by atoms with E-state index in [1.807, 2.05) is 6.07 Å². The van der Waals surface area contributed by atoms with Gasteiger partial charge in [0.1, 0.15) is 0 Å². The third-order valence-electron chi connectivity index (χ3n) is 3.94. The summed E-state index contributed by atoms with van der Waals surface area (Å²) in [6.45, 7) is 0.790. The quantitative estimate of drug-likeness (QED) is 0.748. The predicted octanol–water partition coefficient (Wildman–Crippen LogP) is 4.26. The second-order valence-electron chi connectivity index (χ2n) is 5.72. The second-order valence-corrected chi connectivity index (χ2v) is 6.50. The Morgan fingerprint density at radius 2 is 1.95 bits per heavy atom. The van der Waals surface area contributed by atoms with Crippen LogP contribution in [-0.4, -0.2) is 16.8 Å². The molecule has 110 valence electrons. The molecule has 1 aromatic carbocycles. The first-order valence-electron chi connectivity index (χ1n) is 7.67. The van der Waals surface area contributed by atoms with Crippen LogP contribution in [0.3, 0.4) is 0 Å². The van der Waals surface area contributed by atoms with Gasteiger partial charge in [-0.3, -0.25) is 4.79 Å². The molecule has 0 unspecified atom stereocenters. The molecule has 0 N–H and O–H groups in total. The van der Waals surface area contributed by atoms with E-state index in [1.165, 1.54) is 24.0 Å². The van der Waals surface area contributed by atoms with E-state index in [0.717, 1.165) is 19.4 Å². The van der Waals surface area contributed by atoms with Crippen LogP contribution >= 0.6 is 11.3 Å². The van der Waals surface area contributed by atoms with Crippen molar-refractivity contribution in [2.75, 3.05) is 0 Å². The molecule has 2 aromatic rings. The minimum absolute atomic E-state index is 0.319. The lowest BCUT2D eigenvalue weighted by molar-refractivity contribution is -0.132. The number of amides is 1. The summed E-state index contributed by atoms with van der Waals surface area (Å²) in [5, 5.41) is 4.23. The molecule has 1 amide bonds. The fourth-order valence-corrected chi connectivity index (χ4v) is 3.28. The largest absolute Gasteiger partial charge is 0.335 e. The monoisotopic (exact) mass is 299 g/mol. The van der Waals surface area contributed by atoms with E-state index in [9.17, 15) is 4.79 Å². The summed E-state index contributed by atoms with van der Waals surface area (Å²) < 4.78 is 0. The highest BCUT2D eigenvalue weighted by Crippen LogP contribution is 2.29. The zero-order valence-corrected chi connectivity index (χ0v) is 13.0. The van der Waals surface area contributed by atoms with E-state index in [1.54, 1.807) is 11.3 Å². The number of carbonyl (C=O) groups is 1. The third-order valence-corrected chi connectivity index (χ3v) is 4.67. The number of hydrogen-bond donors (Lipinski definition) is 0. The van der Waals surface area contributed by atoms with Crippen LogP contribution in [0.4, 0.5) is 0 Å². The topological polar surface area (TPSA) is 20.3 Å². The number of carbonyl (C=O) groups excluding carboxylic acids is 1. The molecule has 2 nitrogen and oxygen atoms in total. The Morgan fingerprint density at radius 3 is 2.62 bits per heavy atom. The summed E-state index contributed by atoms with van der Waals surface area (Å²) in [4.78, 5) is 14.6. The summed E-state index contributed by atoms with van der Waals surface area (Å²) >= 11 is 1.70. The smallest absolute Gasteiger partial charge is 0.223 e. The molecule has 1 heterocycles. The Labute approximate surface area is 130 Å². The maximum Gasteiger partial charge on any atom is 0.223 e. The number of rotatable bonds is 7. The molecule has 1 aliphatic carbocycles. The number of nitrogens with zero attached hydrogens (tertiary/aromatic N) is 1. The first-order chi connectivity index (χ1) is 10.3. The lowest BCUT2D eigenvalue weighted by Gasteiger charge is -2.22. The van der Waals surface area contributed by atoms with Crippen molar-refractivity contribution in [1.29, 1.82) is 0 Å². The van der Waals surface area contributed by atoms with Crippen LogP contribution in [0.1, 0.15) is 36.8 Å². The Hall–Kier alpha value is -1.61. The highest BCUT2D eigenvalue weighted by molar-refractivity contribution is 7.07. The van der Waals surface area contributed by atoms with E-state index < -0.39 is 0 Å². The molecule has 21 heavy (non-hydrogen) atoms. The summed E-state index contributed by atoms with van der Waals surface area (Å²) in [6.07, 6.45) is 4.94. The SMILES string of the molecule is O=C(CCCc1ccccc1)N(Cc1ccsc1)C1CC1. The van der Waals surface area contributed by atoms with Crippen LogP contribution < -0.4 is 0 Å². The molecule has 1 fully saturated rings. The molecule has 0 spiro atoms. The normalized spacial score (nSPS) is 14.1. The van der Waals surface area contributed by atoms with Gasteiger partial charge in [0.15, 0.2) is 0 Å². The van der Waals surface area contributed by atoms with Gasteiger partial charge in [-0.05, 0) is 53.6 Å². The molecule has 1 aromatic heterocycles. The highest BCUT2D eigenvalue weighted by atomic mass is 32.1. The van der Waals surface area contributed by atoms with Gasteiger partial charge < -0.3 is 4.90 Å². The van der Waals surface area contributed by atoms with Crippen molar-refractivity contribution in [1.82, 2.24) is 4.90 Å². The molecule has 1 saturated carbocycles. The van der Waals surface area contributed by atoms with Crippen molar-refractivity contribution in [2.24, 2.45) is 0 Å². The Bertz CT molecular complexity index is 560. The van der Waals surface area contributed by atoms with Crippen LogP contribution in [0.15, 0.2) is 47.2 Å². The first kappa shape index (κ1) is 14.3. The van der Waals surface area contributed by atoms with Crippen LogP contribution in [0, 0.1) is 0 Å². The molecular formula is C18H21NOS. The second kappa shape index (κ2) is 6.90. The van der Waals surface area contributed by atoms with Crippen LogP contribution in [0.5, 0.6) is 0 Å². The van der Waals surface area contributed by atoms with Gasteiger partial charge in [0.25, 0.3) is 0 Å². The van der Waals surface area contributed by atoms with Gasteiger partial charge in [0.2, 0.25) is 5.91 Å². The zero-order valence-electron chi connectivity index (χ0n) is 12.2. The standard InChI is InChI=1S/C18H21NOS/c20-18(8-4-7-15-5-2-1-3-6-15)19(17-9-10-17)13-16-11-12-21-14-16/h1-3,5-6,11-12,14,17H,4,7-10,13H2. The van der Waals surface area contributed by atoms with Crippen molar-refractivity contribution in [2.45, 2.75) is 44.7 Å². The van der Waals surface area contributed by atoms with Crippen molar-refractivity contribution >= 4 is 17.2 Å². The molecule has 3 heteroatoms. The van der Waals surface area contributed by atoms with Gasteiger partial charge in [-0.2, -0.15) is 11.3 Å². The lowest BCUT2D eigenvalue weighted by Crippen LogP contribution is -2.32. The summed E-state index contributed by atoms with van der Waals surface area (Å²) in [5.41, 5.74) is 2.59. The number of benzene rings is 1. The van der Waals surface area contributed by atoms with Gasteiger partial charge in [-0.15, -0.1) is 0 Å². The van der Waals surface area contributed by atoms with Crippen molar-refractivity contribution < 1.29 is 4.79 Å². The van der Waals surface area contributed by atoms with E-state index in [2.05, 4.69) is 46.0 Å². The molecule has 0 saturated heterocycles. The fourth-order valence-electron chi connectivity index (χ4n) is 2.62. The van der Waals surface area contributed by atoms with Gasteiger partial charge in [0.05, 0.1) is 0 Å². The van der Waals surface area contributed by atoms with E-state index in [0.29, 0.717) is 18.4 Å². The number of hydrogen-bond acceptors (Lipinski definition) is 2. The minimum Gasteiger partial charge on any atom is -0.335 e. The van der Waals surface area contributed by atoms with Crippen LogP contribution in [0.2, 0.25) is 0 Å². The Kier molecular flexibility index (Phi) is 4.71. The summed E-state index contributed by atoms with van der Waals surface area (Å²) in [7, 11) is 0. The van der Waals surface area contributed by atoms with Crippen molar-refractivity contribution in [3.8, 4) is 0 Å². The maximum absolute atomic E-state index is 12.5. The highest BCUT2D eigenvalue weighted by Gasteiger charge is 2.32. The molecule has 0 bridgehead atoms. The lowest BCUT2D eigenvalue weighted by atomic mass is 10.1. The van der Waals surface area contributed by atoms with E-state index >= 15 is 0 Å². The van der Waals surface area contributed by atoms with Crippen LogP contribution in [0.25, 0.3) is 0 Å². The average Bonchev–Trinajstić information content (AvgIpc) is 3.22. The minimum atomic E-state index is 0.319. The summed E-state index contributed by atoms with van der Waals surface area (Å²) in [5.74, 6) is 0.319. The maximum atomic E-state index is 12.5. The van der Waals surface area contributed by atoms with Gasteiger partial charge in [0, 0.05) is 19.0 Å². The zero-order chi connectivity index (χ0) is 14.5. The Morgan fingerprint density at radius 1 is 1.14 bits per heavy atom. The molecule has 1 aliphatic rings. The Balaban J connectivity index is 1.50. The van der Waals surface area contributed by atoms with E-state index in [4.69, 9.17) is 0 Å². The molecule has 3 rings (SSSR count). The average molecular weight is 299 g/mol. The fraction of sp³-hybridized carbons (Fsp3) is 0.389. The number of thiophene rings is 1. The number of aryl methyl sites for hydroxylation is 1. The van der Waals surface area contributed by atoms with Gasteiger partial charge in [-0.25, -0.2) is 0 Å². The molecule has 0 radical (unpaired) electrons. The third kappa shape index (κ3) is 4.18. The van der Waals surface area contributed by atoms with Gasteiger partial charge in [-0.1, -0.05) is 30.3 Å². The first-order valence-corrected chi connectivity index (χ1v) is 8.61. The summed E-state index contributed by atoms with van der Waals surface area (Å²) in [6, 6.07) is 13.0. The van der Waals surface area contributed by atoms with Crippen LogP contribution in [-0.2, 0) is 17.8 Å². The molecule has 0 aliphatic heterocycles. The van der Waals surface area contributed by atoms with Gasteiger partial charge >= 0.3 is 0 Å². The van der Waals surface area contributed by atoms with E-state index in [-0.39, 0.29) is 0 Å². The molecular weight excluding hydrogens is 278 g/mol. The van der Waals surface area contributed by atoms with Crippen molar-refractivity contribution in [3.63, 3.8) is 0 Å². The van der Waals surface area contributed by atoms with Crippen molar-refractivity contribution in [3.05, 3.63) is 58.3 Å². The predicted molar refractivity (Wildman–Crippen MR) is 87.3 cm³/mol. The molecule has 0 atom stereocenters.